The number of aromatic nitrogens is 2. The molecule has 2 aromatic carbocycles. The second-order valence-corrected chi connectivity index (χ2v) is 7.33. The van der Waals surface area contributed by atoms with Crippen LogP contribution in [0.3, 0.4) is 0 Å². The molecule has 1 N–H and O–H groups in total. The number of anilines is 2. The van der Waals surface area contributed by atoms with Crippen LogP contribution in [-0.4, -0.2) is 22.4 Å². The van der Waals surface area contributed by atoms with E-state index in [9.17, 15) is 4.79 Å². The highest BCUT2D eigenvalue weighted by Crippen LogP contribution is 2.36. The summed E-state index contributed by atoms with van der Waals surface area (Å²) in [6.45, 7) is 4.18. The molecule has 0 aliphatic carbocycles. The zero-order chi connectivity index (χ0) is 20.4. The Morgan fingerprint density at radius 3 is 2.45 bits per heavy atom. The van der Waals surface area contributed by atoms with E-state index in [1.54, 1.807) is 24.0 Å². The van der Waals surface area contributed by atoms with E-state index in [4.69, 9.17) is 16.3 Å². The van der Waals surface area contributed by atoms with Crippen molar-refractivity contribution in [3.8, 4) is 11.5 Å². The molecule has 7 heteroatoms. The minimum absolute atomic E-state index is 0.0326. The van der Waals surface area contributed by atoms with E-state index in [1.165, 1.54) is 0 Å². The van der Waals surface area contributed by atoms with Gasteiger partial charge in [-0.05, 0) is 61.9 Å². The van der Waals surface area contributed by atoms with Crippen molar-refractivity contribution in [2.75, 3.05) is 16.8 Å². The molecule has 148 valence electrons. The molecule has 1 aliphatic rings. The summed E-state index contributed by atoms with van der Waals surface area (Å²) in [5.41, 5.74) is 1.73. The lowest BCUT2D eigenvalue weighted by molar-refractivity contribution is -0.117. The van der Waals surface area contributed by atoms with Crippen LogP contribution in [0.4, 0.5) is 11.5 Å². The number of aryl methyl sites for hydroxylation is 1. The van der Waals surface area contributed by atoms with Crippen molar-refractivity contribution in [1.29, 1.82) is 0 Å². The van der Waals surface area contributed by atoms with Crippen molar-refractivity contribution in [2.24, 2.45) is 0 Å². The van der Waals surface area contributed by atoms with Gasteiger partial charge in [-0.2, -0.15) is 0 Å². The summed E-state index contributed by atoms with van der Waals surface area (Å²) in [6.07, 6.45) is 2.59. The largest absolute Gasteiger partial charge is 0.457 e. The summed E-state index contributed by atoms with van der Waals surface area (Å²) in [7, 11) is 0. The lowest BCUT2D eigenvalue weighted by Gasteiger charge is -2.35. The first-order valence-electron chi connectivity index (χ1n) is 9.42. The van der Waals surface area contributed by atoms with E-state index in [2.05, 4.69) is 15.3 Å². The van der Waals surface area contributed by atoms with Gasteiger partial charge >= 0.3 is 0 Å². The summed E-state index contributed by atoms with van der Waals surface area (Å²) < 4.78 is 5.85. The molecule has 0 spiro atoms. The van der Waals surface area contributed by atoms with Crippen molar-refractivity contribution in [3.05, 3.63) is 71.1 Å². The van der Waals surface area contributed by atoms with E-state index < -0.39 is 0 Å². The zero-order valence-corrected chi connectivity index (χ0v) is 17.0. The van der Waals surface area contributed by atoms with Gasteiger partial charge in [0.25, 0.3) is 0 Å². The summed E-state index contributed by atoms with van der Waals surface area (Å²) in [5, 5.41) is 3.96. The Labute approximate surface area is 174 Å². The molecule has 6 nitrogen and oxygen atoms in total. The third-order valence-corrected chi connectivity index (χ3v) is 5.07. The van der Waals surface area contributed by atoms with Crippen LogP contribution in [0.2, 0.25) is 5.02 Å². The van der Waals surface area contributed by atoms with Gasteiger partial charge in [-0.25, -0.2) is 9.97 Å². The molecule has 0 saturated carbocycles. The molecule has 1 aliphatic heterocycles. The number of halogens is 1. The fourth-order valence-corrected chi connectivity index (χ4v) is 3.64. The SMILES string of the molecule is CC(=O)N(c1ccc(Oc2ccc(Cl)cc2)cc1)C1CCNc2nc(C)ncc21. The maximum atomic E-state index is 12.5. The minimum atomic E-state index is -0.118. The molecule has 29 heavy (non-hydrogen) atoms. The number of nitrogens with zero attached hydrogens (tertiary/aromatic N) is 3. The Morgan fingerprint density at radius 2 is 1.79 bits per heavy atom. The van der Waals surface area contributed by atoms with Crippen LogP contribution in [0.15, 0.2) is 54.7 Å². The van der Waals surface area contributed by atoms with E-state index in [0.29, 0.717) is 22.3 Å². The highest BCUT2D eigenvalue weighted by atomic mass is 35.5. The first-order chi connectivity index (χ1) is 14.0. The normalized spacial score (nSPS) is 15.2. The van der Waals surface area contributed by atoms with Gasteiger partial charge in [-0.1, -0.05) is 11.6 Å². The van der Waals surface area contributed by atoms with Gasteiger partial charge in [0, 0.05) is 35.9 Å². The second-order valence-electron chi connectivity index (χ2n) is 6.89. The number of benzene rings is 2. The molecule has 0 saturated heterocycles. The van der Waals surface area contributed by atoms with E-state index in [-0.39, 0.29) is 11.9 Å². The Kier molecular flexibility index (Phi) is 5.36. The zero-order valence-electron chi connectivity index (χ0n) is 16.2. The molecule has 4 rings (SSSR count). The molecule has 1 unspecified atom stereocenters. The molecule has 1 aromatic heterocycles. The Bertz CT molecular complexity index is 1020. The van der Waals surface area contributed by atoms with Crippen LogP contribution in [-0.2, 0) is 4.79 Å². The maximum Gasteiger partial charge on any atom is 0.224 e. The highest BCUT2D eigenvalue weighted by Gasteiger charge is 2.30. The van der Waals surface area contributed by atoms with E-state index in [0.717, 1.165) is 30.0 Å². The molecular weight excluding hydrogens is 388 g/mol. The van der Waals surface area contributed by atoms with Crippen LogP contribution in [0.1, 0.15) is 30.8 Å². The molecular formula is C22H21ClN4O2. The van der Waals surface area contributed by atoms with Crippen molar-refractivity contribution < 1.29 is 9.53 Å². The molecule has 0 radical (unpaired) electrons. The average molecular weight is 409 g/mol. The Balaban J connectivity index is 1.60. The maximum absolute atomic E-state index is 12.5. The molecule has 2 heterocycles. The van der Waals surface area contributed by atoms with E-state index >= 15 is 0 Å². The molecule has 0 fully saturated rings. The number of ether oxygens (including phenoxy) is 1. The van der Waals surface area contributed by atoms with Gasteiger partial charge in [0.1, 0.15) is 23.1 Å². The van der Waals surface area contributed by atoms with Gasteiger partial charge < -0.3 is 15.0 Å². The number of rotatable bonds is 4. The predicted molar refractivity (Wildman–Crippen MR) is 114 cm³/mol. The average Bonchev–Trinajstić information content (AvgIpc) is 2.71. The van der Waals surface area contributed by atoms with Crippen molar-refractivity contribution >= 4 is 29.0 Å². The number of nitrogens with one attached hydrogen (secondary N) is 1. The number of carbonyl (C=O) groups excluding carboxylic acids is 1. The lowest BCUT2D eigenvalue weighted by Crippen LogP contribution is -2.37. The minimum Gasteiger partial charge on any atom is -0.457 e. The van der Waals surface area contributed by atoms with Crippen molar-refractivity contribution in [2.45, 2.75) is 26.3 Å². The lowest BCUT2D eigenvalue weighted by atomic mass is 9.99. The van der Waals surface area contributed by atoms with Crippen LogP contribution in [0.25, 0.3) is 0 Å². The summed E-state index contributed by atoms with van der Waals surface area (Å²) >= 11 is 5.91. The molecule has 3 aromatic rings. The third-order valence-electron chi connectivity index (χ3n) is 4.82. The summed E-state index contributed by atoms with van der Waals surface area (Å²) in [5.74, 6) is 2.85. The second kappa shape index (κ2) is 8.09. The van der Waals surface area contributed by atoms with Gasteiger partial charge in [0.15, 0.2) is 0 Å². The fraction of sp³-hybridized carbons (Fsp3) is 0.227. The number of fused-ring (bicyclic) bond motifs is 1. The Morgan fingerprint density at radius 1 is 1.14 bits per heavy atom. The smallest absolute Gasteiger partial charge is 0.224 e. The van der Waals surface area contributed by atoms with Gasteiger partial charge in [-0.3, -0.25) is 4.79 Å². The van der Waals surface area contributed by atoms with Crippen LogP contribution >= 0.6 is 11.6 Å². The molecule has 1 atom stereocenters. The number of carbonyl (C=O) groups is 1. The Hall–Kier alpha value is -3.12. The highest BCUT2D eigenvalue weighted by molar-refractivity contribution is 6.30. The summed E-state index contributed by atoms with van der Waals surface area (Å²) in [4.78, 5) is 23.1. The number of hydrogen-bond acceptors (Lipinski definition) is 5. The monoisotopic (exact) mass is 408 g/mol. The topological polar surface area (TPSA) is 67.3 Å². The van der Waals surface area contributed by atoms with E-state index in [1.807, 2.05) is 49.5 Å². The van der Waals surface area contributed by atoms with Gasteiger partial charge in [-0.15, -0.1) is 0 Å². The van der Waals surface area contributed by atoms with Crippen LogP contribution in [0.5, 0.6) is 11.5 Å². The predicted octanol–water partition coefficient (Wildman–Crippen LogP) is 5.14. The first-order valence-corrected chi connectivity index (χ1v) is 9.80. The van der Waals surface area contributed by atoms with Crippen LogP contribution in [0, 0.1) is 6.92 Å². The third kappa shape index (κ3) is 4.17. The number of hydrogen-bond donors (Lipinski definition) is 1. The standard InChI is InChI=1S/C22H21ClN4O2/c1-14-25-13-20-21(11-12-24-22(20)26-14)27(15(2)28)17-5-9-19(10-6-17)29-18-7-3-16(23)4-8-18/h3-10,13,21H,11-12H2,1-2H3,(H,24,25,26). The van der Waals surface area contributed by atoms with Gasteiger partial charge in [0.05, 0.1) is 6.04 Å². The van der Waals surface area contributed by atoms with Crippen molar-refractivity contribution in [1.82, 2.24) is 9.97 Å². The number of amides is 1. The fourth-order valence-electron chi connectivity index (χ4n) is 3.51. The molecule has 1 amide bonds. The van der Waals surface area contributed by atoms with Crippen molar-refractivity contribution in [3.63, 3.8) is 0 Å². The van der Waals surface area contributed by atoms with Crippen LogP contribution < -0.4 is 15.0 Å². The summed E-state index contributed by atoms with van der Waals surface area (Å²) in [6, 6.07) is 14.6. The molecule has 0 bridgehead atoms. The van der Waals surface area contributed by atoms with Gasteiger partial charge in [0.2, 0.25) is 5.91 Å². The quantitative estimate of drug-likeness (QED) is 0.647. The first kappa shape index (κ1) is 19.2.